The number of amides is 1. The van der Waals surface area contributed by atoms with E-state index in [9.17, 15) is 9.59 Å². The number of guanidine groups is 1. The van der Waals surface area contributed by atoms with Crippen LogP contribution in [-0.2, 0) is 14.3 Å². The minimum absolute atomic E-state index is 0.129. The van der Waals surface area contributed by atoms with Crippen LogP contribution in [0.25, 0.3) is 0 Å². The minimum atomic E-state index is -0.170. The second kappa shape index (κ2) is 10.0. The molecule has 0 saturated carbocycles. The first kappa shape index (κ1) is 18.3. The van der Waals surface area contributed by atoms with Gasteiger partial charge in [-0.3, -0.25) is 14.6 Å². The Morgan fingerprint density at radius 3 is 2.32 bits per heavy atom. The van der Waals surface area contributed by atoms with Crippen molar-refractivity contribution in [3.8, 4) is 0 Å². The van der Waals surface area contributed by atoms with Crippen molar-refractivity contribution in [2.45, 2.75) is 33.1 Å². The molecule has 0 radical (unpaired) electrons. The van der Waals surface area contributed by atoms with Gasteiger partial charge in [0.2, 0.25) is 5.91 Å². The molecule has 0 aliphatic carbocycles. The van der Waals surface area contributed by atoms with Crippen LogP contribution in [0, 0.1) is 0 Å². The van der Waals surface area contributed by atoms with E-state index in [0.29, 0.717) is 13.0 Å². The molecule has 0 atom stereocenters. The van der Waals surface area contributed by atoms with Crippen molar-refractivity contribution in [2.24, 2.45) is 4.99 Å². The molecule has 1 amide bonds. The average Bonchev–Trinajstić information content (AvgIpc) is 2.53. The summed E-state index contributed by atoms with van der Waals surface area (Å²) < 4.78 is 4.61. The molecule has 1 heterocycles. The van der Waals surface area contributed by atoms with Gasteiger partial charge in [-0.05, 0) is 19.8 Å². The number of aliphatic imine (C=N–C) groups is 1. The summed E-state index contributed by atoms with van der Waals surface area (Å²) in [4.78, 5) is 31.0. The first-order valence-corrected chi connectivity index (χ1v) is 7.94. The maximum atomic E-state index is 11.3. The van der Waals surface area contributed by atoms with Crippen molar-refractivity contribution in [1.82, 2.24) is 15.1 Å². The van der Waals surface area contributed by atoms with Crippen LogP contribution in [0.3, 0.4) is 0 Å². The maximum Gasteiger partial charge on any atom is 0.305 e. The van der Waals surface area contributed by atoms with Gasteiger partial charge < -0.3 is 19.9 Å². The minimum Gasteiger partial charge on any atom is -0.469 e. The number of piperazine rings is 1. The quantitative estimate of drug-likeness (QED) is 0.334. The molecule has 0 aromatic carbocycles. The van der Waals surface area contributed by atoms with Gasteiger partial charge in [-0.2, -0.15) is 0 Å². The number of carbonyl (C=O) groups is 2. The molecule has 7 heteroatoms. The van der Waals surface area contributed by atoms with Crippen LogP contribution >= 0.6 is 0 Å². The summed E-state index contributed by atoms with van der Waals surface area (Å²) in [6.45, 7) is 8.22. The van der Waals surface area contributed by atoms with E-state index >= 15 is 0 Å². The highest BCUT2D eigenvalue weighted by atomic mass is 16.5. The lowest BCUT2D eigenvalue weighted by atomic mass is 10.2. The number of ether oxygens (including phenoxy) is 1. The van der Waals surface area contributed by atoms with Gasteiger partial charge in [-0.1, -0.05) is 0 Å². The standard InChI is InChI=1S/C15H28N4O3/c1-4-16-15(17-8-6-5-7-14(21)22-3)19-11-9-18(10-12-19)13(2)20/h4-12H2,1-3H3,(H,16,17). The molecular weight excluding hydrogens is 284 g/mol. The largest absolute Gasteiger partial charge is 0.469 e. The zero-order chi connectivity index (χ0) is 16.4. The van der Waals surface area contributed by atoms with Crippen molar-refractivity contribution in [2.75, 3.05) is 46.4 Å². The van der Waals surface area contributed by atoms with E-state index in [2.05, 4.69) is 19.9 Å². The summed E-state index contributed by atoms with van der Waals surface area (Å²) >= 11 is 0. The third-order valence-electron chi connectivity index (χ3n) is 3.64. The van der Waals surface area contributed by atoms with Gasteiger partial charge in [-0.25, -0.2) is 0 Å². The topological polar surface area (TPSA) is 74.2 Å². The Kier molecular flexibility index (Phi) is 8.32. The maximum absolute atomic E-state index is 11.3. The predicted molar refractivity (Wildman–Crippen MR) is 85.7 cm³/mol. The fourth-order valence-corrected chi connectivity index (χ4v) is 2.33. The normalized spacial score (nSPS) is 15.7. The summed E-state index contributed by atoms with van der Waals surface area (Å²) in [6, 6.07) is 0. The molecule has 0 aromatic heterocycles. The fourth-order valence-electron chi connectivity index (χ4n) is 2.33. The van der Waals surface area contributed by atoms with Crippen molar-refractivity contribution in [3.63, 3.8) is 0 Å². The van der Waals surface area contributed by atoms with Crippen LogP contribution in [-0.4, -0.2) is 74.0 Å². The number of methoxy groups -OCH3 is 1. The lowest BCUT2D eigenvalue weighted by molar-refractivity contribution is -0.140. The van der Waals surface area contributed by atoms with Gasteiger partial charge in [0.05, 0.1) is 7.11 Å². The molecule has 1 N–H and O–H groups in total. The van der Waals surface area contributed by atoms with Gasteiger partial charge in [-0.15, -0.1) is 0 Å². The highest BCUT2D eigenvalue weighted by Gasteiger charge is 2.20. The van der Waals surface area contributed by atoms with Crippen LogP contribution in [0.1, 0.15) is 33.1 Å². The Bertz CT molecular complexity index is 390. The van der Waals surface area contributed by atoms with Gasteiger partial charge in [0, 0.05) is 52.6 Å². The van der Waals surface area contributed by atoms with E-state index in [1.807, 2.05) is 11.8 Å². The number of hydrogen-bond acceptors (Lipinski definition) is 4. The van der Waals surface area contributed by atoms with E-state index < -0.39 is 0 Å². The molecule has 0 bridgehead atoms. The Morgan fingerprint density at radius 2 is 1.77 bits per heavy atom. The Labute approximate surface area is 132 Å². The Hall–Kier alpha value is -1.79. The van der Waals surface area contributed by atoms with Crippen LogP contribution in [0.15, 0.2) is 4.99 Å². The van der Waals surface area contributed by atoms with Crippen LogP contribution < -0.4 is 5.32 Å². The first-order chi connectivity index (χ1) is 10.6. The van der Waals surface area contributed by atoms with Crippen LogP contribution in [0.5, 0.6) is 0 Å². The summed E-state index contributed by atoms with van der Waals surface area (Å²) in [5.74, 6) is 0.851. The number of nitrogens with one attached hydrogen (secondary N) is 1. The highest BCUT2D eigenvalue weighted by Crippen LogP contribution is 2.04. The van der Waals surface area contributed by atoms with Gasteiger partial charge >= 0.3 is 5.97 Å². The molecule has 0 spiro atoms. The van der Waals surface area contributed by atoms with Crippen LogP contribution in [0.2, 0.25) is 0 Å². The second-order valence-electron chi connectivity index (χ2n) is 5.26. The molecule has 7 nitrogen and oxygen atoms in total. The van der Waals surface area contributed by atoms with Gasteiger partial charge in [0.25, 0.3) is 0 Å². The summed E-state index contributed by atoms with van der Waals surface area (Å²) in [6.07, 6.45) is 2.09. The Morgan fingerprint density at radius 1 is 1.14 bits per heavy atom. The third-order valence-corrected chi connectivity index (χ3v) is 3.64. The first-order valence-electron chi connectivity index (χ1n) is 7.94. The predicted octanol–water partition coefficient (Wildman–Crippen LogP) is 0.459. The van der Waals surface area contributed by atoms with Crippen molar-refractivity contribution >= 4 is 17.8 Å². The molecule has 1 rings (SSSR count). The van der Waals surface area contributed by atoms with Gasteiger partial charge in [0.15, 0.2) is 5.96 Å². The van der Waals surface area contributed by atoms with Crippen molar-refractivity contribution in [3.05, 3.63) is 0 Å². The van der Waals surface area contributed by atoms with E-state index in [0.717, 1.165) is 51.5 Å². The number of esters is 1. The average molecular weight is 312 g/mol. The molecule has 22 heavy (non-hydrogen) atoms. The van der Waals surface area contributed by atoms with Crippen molar-refractivity contribution in [1.29, 1.82) is 0 Å². The van der Waals surface area contributed by atoms with Crippen molar-refractivity contribution < 1.29 is 14.3 Å². The summed E-state index contributed by atoms with van der Waals surface area (Å²) in [5.41, 5.74) is 0. The molecular formula is C15H28N4O3. The number of unbranched alkanes of at least 4 members (excludes halogenated alkanes) is 1. The summed E-state index contributed by atoms with van der Waals surface area (Å²) in [5, 5.41) is 3.29. The zero-order valence-corrected chi connectivity index (χ0v) is 13.9. The summed E-state index contributed by atoms with van der Waals surface area (Å²) in [7, 11) is 1.41. The molecule has 0 unspecified atom stereocenters. The van der Waals surface area contributed by atoms with E-state index in [4.69, 9.17) is 0 Å². The Balaban J connectivity index is 2.39. The number of rotatable bonds is 6. The SMILES string of the molecule is CCNC(=NCCCCC(=O)OC)N1CCN(C(C)=O)CC1. The lowest BCUT2D eigenvalue weighted by Gasteiger charge is -2.36. The molecule has 1 fully saturated rings. The molecule has 0 aromatic rings. The zero-order valence-electron chi connectivity index (χ0n) is 13.9. The van der Waals surface area contributed by atoms with E-state index in [1.54, 1.807) is 6.92 Å². The highest BCUT2D eigenvalue weighted by molar-refractivity contribution is 5.80. The number of nitrogens with zero attached hydrogens (tertiary/aromatic N) is 3. The third kappa shape index (κ3) is 6.32. The lowest BCUT2D eigenvalue weighted by Crippen LogP contribution is -2.53. The number of hydrogen-bond donors (Lipinski definition) is 1. The number of carbonyl (C=O) groups excluding carboxylic acids is 2. The fraction of sp³-hybridized carbons (Fsp3) is 0.800. The van der Waals surface area contributed by atoms with Crippen LogP contribution in [0.4, 0.5) is 0 Å². The smallest absolute Gasteiger partial charge is 0.305 e. The molecule has 1 saturated heterocycles. The van der Waals surface area contributed by atoms with E-state index in [1.165, 1.54) is 7.11 Å². The monoisotopic (exact) mass is 312 g/mol. The van der Waals surface area contributed by atoms with E-state index in [-0.39, 0.29) is 11.9 Å². The molecule has 1 aliphatic rings. The second-order valence-corrected chi connectivity index (χ2v) is 5.26. The molecule has 126 valence electrons. The molecule has 1 aliphatic heterocycles. The van der Waals surface area contributed by atoms with Gasteiger partial charge in [0.1, 0.15) is 0 Å².